The van der Waals surface area contributed by atoms with Gasteiger partial charge in [0.1, 0.15) is 5.01 Å². The minimum atomic E-state index is -0.862. The third-order valence-electron chi connectivity index (χ3n) is 2.04. The first-order valence-corrected chi connectivity index (χ1v) is 5.62. The fraction of sp³-hybridized carbons (Fsp3) is 0.182. The Labute approximate surface area is 96.6 Å². The molecule has 4 nitrogen and oxygen atoms in total. The Morgan fingerprint density at radius 1 is 1.50 bits per heavy atom. The summed E-state index contributed by atoms with van der Waals surface area (Å²) in [6.07, 6.45) is 1.72. The summed E-state index contributed by atoms with van der Waals surface area (Å²) in [6.45, 7) is 1.92. The Morgan fingerprint density at radius 3 is 2.94 bits per heavy atom. The second-order valence-corrected chi connectivity index (χ2v) is 4.26. The smallest absolute Gasteiger partial charge is 0.309 e. The third kappa shape index (κ3) is 2.43. The number of pyridine rings is 1. The largest absolute Gasteiger partial charge is 0.481 e. The maximum atomic E-state index is 10.5. The number of carboxylic acid groups (broad SMARTS) is 1. The van der Waals surface area contributed by atoms with Crippen LogP contribution in [0.15, 0.2) is 23.7 Å². The molecule has 2 heterocycles. The second-order valence-electron chi connectivity index (χ2n) is 3.40. The lowest BCUT2D eigenvalue weighted by atomic mass is 10.2. The summed E-state index contributed by atoms with van der Waals surface area (Å²) in [6, 6.07) is 3.85. The van der Waals surface area contributed by atoms with Gasteiger partial charge in [-0.3, -0.25) is 9.78 Å². The molecular formula is C11H10N2O2S. The molecule has 1 N–H and O–H groups in total. The van der Waals surface area contributed by atoms with Gasteiger partial charge in [0.15, 0.2) is 0 Å². The average molecular weight is 234 g/mol. The summed E-state index contributed by atoms with van der Waals surface area (Å²) in [5, 5.41) is 11.2. The van der Waals surface area contributed by atoms with Crippen LogP contribution in [-0.2, 0) is 11.2 Å². The number of rotatable bonds is 3. The van der Waals surface area contributed by atoms with Crippen molar-refractivity contribution in [3.63, 3.8) is 0 Å². The third-order valence-corrected chi connectivity index (χ3v) is 2.98. The lowest BCUT2D eigenvalue weighted by Crippen LogP contribution is -1.99. The fourth-order valence-corrected chi connectivity index (χ4v) is 2.08. The summed E-state index contributed by atoms with van der Waals surface area (Å²) >= 11 is 1.44. The van der Waals surface area contributed by atoms with E-state index in [9.17, 15) is 4.79 Å². The highest BCUT2D eigenvalue weighted by Crippen LogP contribution is 2.23. The number of aromatic nitrogens is 2. The molecule has 82 valence electrons. The van der Waals surface area contributed by atoms with E-state index in [1.54, 1.807) is 11.6 Å². The summed E-state index contributed by atoms with van der Waals surface area (Å²) in [7, 11) is 0. The quantitative estimate of drug-likeness (QED) is 0.883. The Kier molecular flexibility index (Phi) is 2.96. The molecule has 2 aromatic rings. The van der Waals surface area contributed by atoms with Crippen LogP contribution in [0.2, 0.25) is 0 Å². The van der Waals surface area contributed by atoms with Crippen LogP contribution in [0.1, 0.15) is 11.4 Å². The number of aliphatic carboxylic acids is 1. The number of nitrogens with zero attached hydrogens (tertiary/aromatic N) is 2. The van der Waals surface area contributed by atoms with E-state index in [-0.39, 0.29) is 6.42 Å². The fourth-order valence-electron chi connectivity index (χ4n) is 1.27. The normalized spacial score (nSPS) is 10.3. The van der Waals surface area contributed by atoms with Crippen molar-refractivity contribution in [2.24, 2.45) is 0 Å². The molecule has 0 spiro atoms. The van der Waals surface area contributed by atoms with Crippen LogP contribution in [0.5, 0.6) is 0 Å². The molecule has 0 atom stereocenters. The molecule has 0 radical (unpaired) electrons. The van der Waals surface area contributed by atoms with Gasteiger partial charge in [-0.15, -0.1) is 11.3 Å². The molecule has 0 saturated heterocycles. The molecule has 0 aliphatic heterocycles. The number of hydrogen-bond donors (Lipinski definition) is 1. The second kappa shape index (κ2) is 4.40. The van der Waals surface area contributed by atoms with Crippen LogP contribution < -0.4 is 0 Å². The molecule has 2 aromatic heterocycles. The number of thiazole rings is 1. The highest BCUT2D eigenvalue weighted by Gasteiger charge is 2.07. The molecule has 2 rings (SSSR count). The van der Waals surface area contributed by atoms with Gasteiger partial charge in [0, 0.05) is 22.8 Å². The first-order chi connectivity index (χ1) is 7.65. The van der Waals surface area contributed by atoms with E-state index < -0.39 is 5.97 Å². The molecule has 0 amide bonds. The molecule has 0 bridgehead atoms. The maximum Gasteiger partial charge on any atom is 0.309 e. The van der Waals surface area contributed by atoms with Crippen molar-refractivity contribution in [3.8, 4) is 10.6 Å². The topological polar surface area (TPSA) is 63.1 Å². The van der Waals surface area contributed by atoms with E-state index in [4.69, 9.17) is 5.11 Å². The van der Waals surface area contributed by atoms with E-state index in [1.807, 2.05) is 19.1 Å². The summed E-state index contributed by atoms with van der Waals surface area (Å²) in [4.78, 5) is 18.9. The molecule has 0 aliphatic carbocycles. The minimum Gasteiger partial charge on any atom is -0.481 e. The van der Waals surface area contributed by atoms with Crippen molar-refractivity contribution in [2.45, 2.75) is 13.3 Å². The zero-order valence-electron chi connectivity index (χ0n) is 8.67. The van der Waals surface area contributed by atoms with Crippen LogP contribution >= 0.6 is 11.3 Å². The van der Waals surface area contributed by atoms with Gasteiger partial charge in [0.2, 0.25) is 0 Å². The first kappa shape index (κ1) is 10.8. The highest BCUT2D eigenvalue weighted by atomic mass is 32.1. The Hall–Kier alpha value is -1.75. The summed E-state index contributed by atoms with van der Waals surface area (Å²) in [5.74, 6) is -0.862. The van der Waals surface area contributed by atoms with E-state index in [2.05, 4.69) is 9.97 Å². The van der Waals surface area contributed by atoms with Crippen molar-refractivity contribution in [1.29, 1.82) is 0 Å². The molecule has 0 unspecified atom stereocenters. The first-order valence-electron chi connectivity index (χ1n) is 4.74. The van der Waals surface area contributed by atoms with Crippen molar-refractivity contribution in [1.82, 2.24) is 9.97 Å². The van der Waals surface area contributed by atoms with Gasteiger partial charge >= 0.3 is 5.97 Å². The van der Waals surface area contributed by atoms with Gasteiger partial charge in [0.25, 0.3) is 0 Å². The van der Waals surface area contributed by atoms with Gasteiger partial charge in [-0.05, 0) is 19.1 Å². The van der Waals surface area contributed by atoms with Crippen LogP contribution in [0.25, 0.3) is 10.6 Å². The molecule has 0 aromatic carbocycles. The Balaban J connectivity index is 2.24. The van der Waals surface area contributed by atoms with Crippen LogP contribution in [0, 0.1) is 6.92 Å². The predicted molar refractivity (Wildman–Crippen MR) is 61.4 cm³/mol. The van der Waals surface area contributed by atoms with Crippen molar-refractivity contribution in [2.75, 3.05) is 0 Å². The number of hydrogen-bond acceptors (Lipinski definition) is 4. The standard InChI is InChI=1S/C11H10N2O2S/c1-7-2-3-8(5-12-7)11-13-9(6-16-11)4-10(14)15/h2-3,5-6H,4H2,1H3,(H,14,15). The summed E-state index contributed by atoms with van der Waals surface area (Å²) < 4.78 is 0. The minimum absolute atomic E-state index is 0.0320. The van der Waals surface area contributed by atoms with Gasteiger partial charge in [-0.25, -0.2) is 4.98 Å². The Bertz CT molecular complexity index is 505. The predicted octanol–water partition coefficient (Wildman–Crippen LogP) is 2.14. The Morgan fingerprint density at radius 2 is 2.31 bits per heavy atom. The van der Waals surface area contributed by atoms with Gasteiger partial charge in [-0.1, -0.05) is 0 Å². The summed E-state index contributed by atoms with van der Waals surface area (Å²) in [5.41, 5.74) is 2.46. The lowest BCUT2D eigenvalue weighted by molar-refractivity contribution is -0.136. The van der Waals surface area contributed by atoms with Crippen LogP contribution in [0.4, 0.5) is 0 Å². The highest BCUT2D eigenvalue weighted by molar-refractivity contribution is 7.13. The number of aryl methyl sites for hydroxylation is 1. The van der Waals surface area contributed by atoms with Crippen molar-refractivity contribution >= 4 is 17.3 Å². The molecule has 5 heteroatoms. The molecule has 16 heavy (non-hydrogen) atoms. The SMILES string of the molecule is Cc1ccc(-c2nc(CC(=O)O)cs2)cn1. The molecule has 0 aliphatic rings. The zero-order valence-corrected chi connectivity index (χ0v) is 9.49. The molecule has 0 fully saturated rings. The lowest BCUT2D eigenvalue weighted by Gasteiger charge is -1.95. The van der Waals surface area contributed by atoms with E-state index >= 15 is 0 Å². The van der Waals surface area contributed by atoms with Crippen LogP contribution in [0.3, 0.4) is 0 Å². The maximum absolute atomic E-state index is 10.5. The van der Waals surface area contributed by atoms with Crippen molar-refractivity contribution < 1.29 is 9.90 Å². The zero-order chi connectivity index (χ0) is 11.5. The van der Waals surface area contributed by atoms with Crippen LogP contribution in [-0.4, -0.2) is 21.0 Å². The monoisotopic (exact) mass is 234 g/mol. The van der Waals surface area contributed by atoms with E-state index in [0.717, 1.165) is 16.3 Å². The van der Waals surface area contributed by atoms with E-state index in [0.29, 0.717) is 5.69 Å². The number of carbonyl (C=O) groups is 1. The van der Waals surface area contributed by atoms with Crippen molar-refractivity contribution in [3.05, 3.63) is 35.1 Å². The van der Waals surface area contributed by atoms with Gasteiger partial charge < -0.3 is 5.11 Å². The van der Waals surface area contributed by atoms with E-state index in [1.165, 1.54) is 11.3 Å². The average Bonchev–Trinajstić information content (AvgIpc) is 2.66. The van der Waals surface area contributed by atoms with Gasteiger partial charge in [0.05, 0.1) is 12.1 Å². The molecular weight excluding hydrogens is 224 g/mol. The van der Waals surface area contributed by atoms with Gasteiger partial charge in [-0.2, -0.15) is 0 Å². The number of carboxylic acids is 1. The molecule has 0 saturated carbocycles.